The molecule has 0 heterocycles. The third-order valence-electron chi connectivity index (χ3n) is 2.49. The van der Waals surface area contributed by atoms with E-state index in [1.807, 2.05) is 12.1 Å². The SMILES string of the molecule is Fc1cc(F)c(NCCOc2cccc(Br)c2)cc1F. The Labute approximate surface area is 122 Å². The average Bonchev–Trinajstić information content (AvgIpc) is 2.40. The molecule has 6 heteroatoms. The Bertz CT molecular complexity index is 607. The Balaban J connectivity index is 1.86. The van der Waals surface area contributed by atoms with E-state index >= 15 is 0 Å². The number of ether oxygens (including phenoxy) is 1. The van der Waals surface area contributed by atoms with E-state index in [1.54, 1.807) is 12.1 Å². The van der Waals surface area contributed by atoms with Crippen molar-refractivity contribution in [2.45, 2.75) is 0 Å². The number of rotatable bonds is 5. The van der Waals surface area contributed by atoms with Crippen LogP contribution in [-0.4, -0.2) is 13.2 Å². The summed E-state index contributed by atoms with van der Waals surface area (Å²) in [5.74, 6) is -2.49. The van der Waals surface area contributed by atoms with Crippen LogP contribution in [-0.2, 0) is 0 Å². The molecule has 0 atom stereocenters. The average molecular weight is 346 g/mol. The number of hydrogen-bond acceptors (Lipinski definition) is 2. The standard InChI is InChI=1S/C14H11BrF3NO/c15-9-2-1-3-10(6-9)20-5-4-19-14-8-12(17)11(16)7-13(14)18/h1-3,6-8,19H,4-5H2. The highest BCUT2D eigenvalue weighted by molar-refractivity contribution is 9.10. The molecule has 0 aliphatic carbocycles. The van der Waals surface area contributed by atoms with Crippen molar-refractivity contribution < 1.29 is 17.9 Å². The van der Waals surface area contributed by atoms with Gasteiger partial charge >= 0.3 is 0 Å². The summed E-state index contributed by atoms with van der Waals surface area (Å²) in [5.41, 5.74) is -0.0956. The van der Waals surface area contributed by atoms with Gasteiger partial charge < -0.3 is 10.1 Å². The van der Waals surface area contributed by atoms with Gasteiger partial charge in [-0.05, 0) is 18.2 Å². The minimum absolute atomic E-state index is 0.0956. The van der Waals surface area contributed by atoms with Crippen LogP contribution in [0.25, 0.3) is 0 Å². The van der Waals surface area contributed by atoms with Crippen molar-refractivity contribution in [1.29, 1.82) is 0 Å². The Morgan fingerprint density at radius 1 is 1.00 bits per heavy atom. The highest BCUT2D eigenvalue weighted by atomic mass is 79.9. The molecule has 0 unspecified atom stereocenters. The third kappa shape index (κ3) is 3.90. The first kappa shape index (κ1) is 14.7. The topological polar surface area (TPSA) is 21.3 Å². The van der Waals surface area contributed by atoms with Crippen LogP contribution in [0.5, 0.6) is 5.75 Å². The van der Waals surface area contributed by atoms with E-state index in [-0.39, 0.29) is 18.8 Å². The molecule has 2 aromatic carbocycles. The fourth-order valence-electron chi connectivity index (χ4n) is 1.57. The predicted molar refractivity (Wildman–Crippen MR) is 74.4 cm³/mol. The van der Waals surface area contributed by atoms with Crippen LogP contribution in [0.15, 0.2) is 40.9 Å². The summed E-state index contributed by atoms with van der Waals surface area (Å²) in [5, 5.41) is 2.65. The summed E-state index contributed by atoms with van der Waals surface area (Å²) in [4.78, 5) is 0. The van der Waals surface area contributed by atoms with Gasteiger partial charge in [0.25, 0.3) is 0 Å². The summed E-state index contributed by atoms with van der Waals surface area (Å²) < 4.78 is 45.3. The Morgan fingerprint density at radius 2 is 1.75 bits per heavy atom. The third-order valence-corrected chi connectivity index (χ3v) is 2.99. The second-order valence-corrected chi connectivity index (χ2v) is 4.89. The first-order valence-corrected chi connectivity index (χ1v) is 6.62. The molecule has 1 N–H and O–H groups in total. The monoisotopic (exact) mass is 345 g/mol. The van der Waals surface area contributed by atoms with Crippen molar-refractivity contribution in [2.75, 3.05) is 18.5 Å². The van der Waals surface area contributed by atoms with Crippen LogP contribution in [0.2, 0.25) is 0 Å². The molecule has 2 aromatic rings. The van der Waals surface area contributed by atoms with Crippen LogP contribution in [0, 0.1) is 17.5 Å². The highest BCUT2D eigenvalue weighted by Gasteiger charge is 2.09. The fourth-order valence-corrected chi connectivity index (χ4v) is 1.95. The molecule has 0 saturated heterocycles. The summed E-state index contributed by atoms with van der Waals surface area (Å²) >= 11 is 3.31. The van der Waals surface area contributed by atoms with Gasteiger partial charge in [0, 0.05) is 23.2 Å². The predicted octanol–water partition coefficient (Wildman–Crippen LogP) is 4.36. The highest BCUT2D eigenvalue weighted by Crippen LogP contribution is 2.19. The molecule has 106 valence electrons. The minimum Gasteiger partial charge on any atom is -0.492 e. The molecular formula is C14H11BrF3NO. The van der Waals surface area contributed by atoms with Gasteiger partial charge in [-0.2, -0.15) is 0 Å². The normalized spacial score (nSPS) is 10.4. The maximum atomic E-state index is 13.3. The molecule has 0 fully saturated rings. The van der Waals surface area contributed by atoms with Crippen molar-refractivity contribution in [1.82, 2.24) is 0 Å². The van der Waals surface area contributed by atoms with Gasteiger partial charge in [-0.25, -0.2) is 13.2 Å². The lowest BCUT2D eigenvalue weighted by molar-refractivity contribution is 0.332. The molecule has 0 bridgehead atoms. The van der Waals surface area contributed by atoms with Crippen molar-refractivity contribution in [2.24, 2.45) is 0 Å². The van der Waals surface area contributed by atoms with Crippen molar-refractivity contribution in [3.05, 3.63) is 58.3 Å². The smallest absolute Gasteiger partial charge is 0.161 e. The van der Waals surface area contributed by atoms with Gasteiger partial charge in [0.15, 0.2) is 11.6 Å². The van der Waals surface area contributed by atoms with Crippen molar-refractivity contribution in [3.8, 4) is 5.75 Å². The second-order valence-electron chi connectivity index (χ2n) is 3.98. The number of halogens is 4. The molecule has 0 saturated carbocycles. The molecule has 0 amide bonds. The molecular weight excluding hydrogens is 335 g/mol. The van der Waals surface area contributed by atoms with E-state index in [0.29, 0.717) is 11.8 Å². The van der Waals surface area contributed by atoms with Gasteiger partial charge in [0.05, 0.1) is 5.69 Å². The molecule has 2 rings (SSSR count). The van der Waals surface area contributed by atoms with E-state index in [4.69, 9.17) is 4.74 Å². The zero-order chi connectivity index (χ0) is 14.5. The maximum absolute atomic E-state index is 13.3. The zero-order valence-electron chi connectivity index (χ0n) is 10.3. The van der Waals surface area contributed by atoms with Gasteiger partial charge in [0.2, 0.25) is 0 Å². The molecule has 0 spiro atoms. The largest absolute Gasteiger partial charge is 0.492 e. The number of nitrogens with one attached hydrogen (secondary N) is 1. The molecule has 0 aliphatic rings. The van der Waals surface area contributed by atoms with E-state index < -0.39 is 17.5 Å². The van der Waals surface area contributed by atoms with Crippen LogP contribution < -0.4 is 10.1 Å². The van der Waals surface area contributed by atoms with Gasteiger partial charge in [-0.3, -0.25) is 0 Å². The Morgan fingerprint density at radius 3 is 2.50 bits per heavy atom. The van der Waals surface area contributed by atoms with Gasteiger partial charge in [0.1, 0.15) is 18.2 Å². The lowest BCUT2D eigenvalue weighted by Gasteiger charge is -2.10. The van der Waals surface area contributed by atoms with E-state index in [9.17, 15) is 13.2 Å². The number of hydrogen-bond donors (Lipinski definition) is 1. The molecule has 2 nitrogen and oxygen atoms in total. The van der Waals surface area contributed by atoms with E-state index in [2.05, 4.69) is 21.2 Å². The fraction of sp³-hybridized carbons (Fsp3) is 0.143. The van der Waals surface area contributed by atoms with Crippen LogP contribution in [0.1, 0.15) is 0 Å². The van der Waals surface area contributed by atoms with Crippen molar-refractivity contribution in [3.63, 3.8) is 0 Å². The quantitative estimate of drug-likeness (QED) is 0.642. The Kier molecular flexibility index (Phi) is 4.89. The maximum Gasteiger partial charge on any atom is 0.161 e. The van der Waals surface area contributed by atoms with E-state index in [0.717, 1.165) is 10.5 Å². The molecule has 0 aliphatic heterocycles. The molecule has 0 aromatic heterocycles. The van der Waals surface area contributed by atoms with E-state index in [1.165, 1.54) is 0 Å². The minimum atomic E-state index is -1.21. The van der Waals surface area contributed by atoms with Gasteiger partial charge in [-0.15, -0.1) is 0 Å². The van der Waals surface area contributed by atoms with Crippen molar-refractivity contribution >= 4 is 21.6 Å². The Hall–Kier alpha value is -1.69. The molecule has 0 radical (unpaired) electrons. The van der Waals surface area contributed by atoms with Crippen LogP contribution in [0.3, 0.4) is 0 Å². The lowest BCUT2D eigenvalue weighted by Crippen LogP contribution is -2.12. The summed E-state index contributed by atoms with van der Waals surface area (Å²) in [6.07, 6.45) is 0. The van der Waals surface area contributed by atoms with Gasteiger partial charge in [-0.1, -0.05) is 22.0 Å². The summed E-state index contributed by atoms with van der Waals surface area (Å²) in [6.45, 7) is 0.517. The van der Waals surface area contributed by atoms with Crippen LogP contribution in [0.4, 0.5) is 18.9 Å². The number of anilines is 1. The van der Waals surface area contributed by atoms with Crippen LogP contribution >= 0.6 is 15.9 Å². The summed E-state index contributed by atoms with van der Waals surface area (Å²) in [7, 11) is 0. The first-order chi connectivity index (χ1) is 9.56. The summed E-state index contributed by atoms with van der Waals surface area (Å²) in [6, 6.07) is 8.54. The molecule has 20 heavy (non-hydrogen) atoms. The lowest BCUT2D eigenvalue weighted by atomic mass is 10.3. The second kappa shape index (κ2) is 6.65. The first-order valence-electron chi connectivity index (χ1n) is 5.83. The number of benzene rings is 2. The zero-order valence-corrected chi connectivity index (χ0v) is 11.9.